The lowest BCUT2D eigenvalue weighted by Gasteiger charge is -2.45. The first-order valence-corrected chi connectivity index (χ1v) is 12.0. The highest BCUT2D eigenvalue weighted by atomic mass is 35.5. The second-order valence-corrected chi connectivity index (χ2v) is 10.2. The fraction of sp³-hybridized carbons (Fsp3) is 0.700. The minimum absolute atomic E-state index is 0. The van der Waals surface area contributed by atoms with E-state index in [9.17, 15) is 21.6 Å². The summed E-state index contributed by atoms with van der Waals surface area (Å²) in [4.78, 5) is 1.59. The summed E-state index contributed by atoms with van der Waals surface area (Å²) in [6.45, 7) is 4.07. The summed E-state index contributed by atoms with van der Waals surface area (Å²) in [7, 11) is -4.28. The van der Waals surface area contributed by atoms with Crippen molar-refractivity contribution >= 4 is 28.1 Å². The van der Waals surface area contributed by atoms with Gasteiger partial charge in [0.1, 0.15) is 0 Å². The molecule has 5 rings (SSSR count). The Morgan fingerprint density at radius 3 is 2.35 bits per heavy atom. The van der Waals surface area contributed by atoms with Crippen molar-refractivity contribution in [2.24, 2.45) is 11.8 Å². The molecule has 1 atom stereocenters. The molecule has 0 saturated carbocycles. The van der Waals surface area contributed by atoms with Crippen LogP contribution in [-0.2, 0) is 20.9 Å². The molecule has 2 bridgehead atoms. The number of fused-ring (bicyclic) bond motifs is 3. The van der Waals surface area contributed by atoms with Crippen LogP contribution in [0.4, 0.5) is 18.9 Å². The molecule has 0 aliphatic carbocycles. The van der Waals surface area contributed by atoms with Crippen molar-refractivity contribution in [3.05, 3.63) is 23.8 Å². The van der Waals surface area contributed by atoms with E-state index in [1.54, 1.807) is 0 Å². The van der Waals surface area contributed by atoms with E-state index in [1.165, 1.54) is 6.07 Å². The Morgan fingerprint density at radius 2 is 1.77 bits per heavy atom. The van der Waals surface area contributed by atoms with E-state index < -0.39 is 26.7 Å². The van der Waals surface area contributed by atoms with Gasteiger partial charge in [0.15, 0.2) is 0 Å². The molecule has 1 aromatic carbocycles. The number of halogens is 4. The second-order valence-electron chi connectivity index (χ2n) is 8.51. The number of piperidine rings is 3. The summed E-state index contributed by atoms with van der Waals surface area (Å²) in [6, 6.07) is 3.53. The lowest BCUT2D eigenvalue weighted by Crippen LogP contribution is -2.53. The Labute approximate surface area is 187 Å². The number of alkyl halides is 3. The summed E-state index contributed by atoms with van der Waals surface area (Å²) < 4.78 is 74.2. The average molecular weight is 484 g/mol. The van der Waals surface area contributed by atoms with Gasteiger partial charge >= 0.3 is 6.18 Å². The van der Waals surface area contributed by atoms with Crippen molar-refractivity contribution in [3.63, 3.8) is 0 Å². The molecule has 176 valence electrons. The molecule has 0 spiro atoms. The van der Waals surface area contributed by atoms with Crippen molar-refractivity contribution in [2.75, 3.05) is 44.7 Å². The van der Waals surface area contributed by atoms with Crippen molar-refractivity contribution in [1.82, 2.24) is 9.62 Å². The zero-order valence-corrected chi connectivity index (χ0v) is 18.8. The van der Waals surface area contributed by atoms with Crippen LogP contribution >= 0.6 is 12.4 Å². The van der Waals surface area contributed by atoms with E-state index in [4.69, 9.17) is 4.74 Å². The number of hydrogen-bond acceptors (Lipinski definition) is 5. The zero-order valence-electron chi connectivity index (χ0n) is 17.2. The van der Waals surface area contributed by atoms with Crippen LogP contribution < -0.4 is 10.0 Å². The third-order valence-electron chi connectivity index (χ3n) is 6.49. The standard InChI is InChI=1S/C20H28F3N3O3S.ClH/c21-20(22,23)17-11-16(25-18-13-26-7-3-15(18)4-8-26)1-2-19(17)30(27,28)24-12-14-5-9-29-10-6-14;/h1-2,11,14-15,18,24-25H,3-10,12-13H2;1H. The number of nitrogens with zero attached hydrogens (tertiary/aromatic N) is 1. The van der Waals surface area contributed by atoms with E-state index in [1.807, 2.05) is 0 Å². The van der Waals surface area contributed by atoms with Crippen molar-refractivity contribution in [2.45, 2.75) is 42.8 Å². The van der Waals surface area contributed by atoms with E-state index in [0.717, 1.165) is 44.6 Å². The minimum Gasteiger partial charge on any atom is -0.381 e. The molecule has 1 unspecified atom stereocenters. The summed E-state index contributed by atoms with van der Waals surface area (Å²) in [5, 5.41) is 3.22. The first kappa shape index (κ1) is 24.6. The van der Waals surface area contributed by atoms with Crippen molar-refractivity contribution in [3.8, 4) is 0 Å². The first-order chi connectivity index (χ1) is 14.2. The maximum atomic E-state index is 13.7. The highest BCUT2D eigenvalue weighted by Crippen LogP contribution is 2.37. The van der Waals surface area contributed by atoms with Crippen LogP contribution in [0.25, 0.3) is 0 Å². The highest BCUT2D eigenvalue weighted by Gasteiger charge is 2.39. The van der Waals surface area contributed by atoms with Gasteiger partial charge in [-0.1, -0.05) is 0 Å². The highest BCUT2D eigenvalue weighted by molar-refractivity contribution is 7.89. The predicted octanol–water partition coefficient (Wildman–Crippen LogP) is 3.34. The Morgan fingerprint density at radius 1 is 1.10 bits per heavy atom. The fourth-order valence-electron chi connectivity index (χ4n) is 4.67. The van der Waals surface area contributed by atoms with Crippen LogP contribution in [0.3, 0.4) is 0 Å². The van der Waals surface area contributed by atoms with Gasteiger partial charge in [-0.05, 0) is 68.8 Å². The van der Waals surface area contributed by atoms with E-state index >= 15 is 0 Å². The number of sulfonamides is 1. The zero-order chi connectivity index (χ0) is 21.4. The SMILES string of the molecule is Cl.O=S(=O)(NCC1CCOCC1)c1ccc(NC2CN3CCC2CC3)cc1C(F)(F)F. The van der Waals surface area contributed by atoms with Gasteiger partial charge in [0.05, 0.1) is 10.5 Å². The normalized spacial score (nSPS) is 27.0. The van der Waals surface area contributed by atoms with Crippen LogP contribution in [0.15, 0.2) is 23.1 Å². The quantitative estimate of drug-likeness (QED) is 0.649. The van der Waals surface area contributed by atoms with Gasteiger partial charge in [0.25, 0.3) is 0 Å². The van der Waals surface area contributed by atoms with Crippen molar-refractivity contribution < 1.29 is 26.3 Å². The number of ether oxygens (including phenoxy) is 1. The molecule has 0 radical (unpaired) electrons. The van der Waals surface area contributed by atoms with Gasteiger partial charge in [-0.3, -0.25) is 0 Å². The predicted molar refractivity (Wildman–Crippen MR) is 114 cm³/mol. The molecule has 4 aliphatic heterocycles. The van der Waals surface area contributed by atoms with E-state index in [-0.39, 0.29) is 30.9 Å². The molecular weight excluding hydrogens is 455 g/mol. The van der Waals surface area contributed by atoms with Crippen LogP contribution in [-0.4, -0.2) is 58.8 Å². The average Bonchev–Trinajstić information content (AvgIpc) is 2.73. The van der Waals surface area contributed by atoms with Crippen LogP contribution in [0, 0.1) is 11.8 Å². The fourth-order valence-corrected chi connectivity index (χ4v) is 6.00. The summed E-state index contributed by atoms with van der Waals surface area (Å²) in [5.41, 5.74) is -0.822. The molecule has 11 heteroatoms. The maximum absolute atomic E-state index is 13.7. The third-order valence-corrected chi connectivity index (χ3v) is 7.97. The summed E-state index contributed by atoms with van der Waals surface area (Å²) >= 11 is 0. The van der Waals surface area contributed by atoms with Gasteiger partial charge in [-0.25, -0.2) is 13.1 Å². The number of hydrogen-bond donors (Lipinski definition) is 2. The first-order valence-electron chi connectivity index (χ1n) is 10.5. The van der Waals surface area contributed by atoms with Crippen molar-refractivity contribution in [1.29, 1.82) is 0 Å². The Hall–Kier alpha value is -1.07. The van der Waals surface area contributed by atoms with Crippen LogP contribution in [0.1, 0.15) is 31.2 Å². The van der Waals surface area contributed by atoms with E-state index in [0.29, 0.717) is 37.7 Å². The second kappa shape index (κ2) is 9.82. The molecule has 1 aromatic rings. The molecular formula is C20H29ClF3N3O3S. The summed E-state index contributed by atoms with van der Waals surface area (Å²) in [5.74, 6) is 0.509. The Kier molecular flexibility index (Phi) is 7.79. The molecule has 2 N–H and O–H groups in total. The number of anilines is 1. The van der Waals surface area contributed by atoms with Gasteiger partial charge in [-0.2, -0.15) is 13.2 Å². The molecule has 4 fully saturated rings. The Bertz CT molecular complexity index is 855. The smallest absolute Gasteiger partial charge is 0.381 e. The topological polar surface area (TPSA) is 70.7 Å². The summed E-state index contributed by atoms with van der Waals surface area (Å²) in [6.07, 6.45) is -1.32. The largest absolute Gasteiger partial charge is 0.417 e. The van der Waals surface area contributed by atoms with Gasteiger partial charge < -0.3 is 15.0 Å². The molecule has 4 saturated heterocycles. The third kappa shape index (κ3) is 5.84. The molecule has 4 aliphatic rings. The Balaban J connectivity index is 0.00000272. The maximum Gasteiger partial charge on any atom is 0.417 e. The minimum atomic E-state index is -4.77. The number of benzene rings is 1. The van der Waals surface area contributed by atoms with Gasteiger partial charge in [-0.15, -0.1) is 12.4 Å². The number of rotatable bonds is 6. The van der Waals surface area contributed by atoms with Gasteiger partial charge in [0, 0.05) is 38.0 Å². The van der Waals surface area contributed by atoms with E-state index in [2.05, 4.69) is 14.9 Å². The number of nitrogens with one attached hydrogen (secondary N) is 2. The molecule has 6 nitrogen and oxygen atoms in total. The molecule has 31 heavy (non-hydrogen) atoms. The lowest BCUT2D eigenvalue weighted by molar-refractivity contribution is -0.139. The molecule has 4 heterocycles. The molecule has 0 aromatic heterocycles. The lowest BCUT2D eigenvalue weighted by atomic mass is 9.84. The van der Waals surface area contributed by atoms with Crippen LogP contribution in [0.2, 0.25) is 0 Å². The van der Waals surface area contributed by atoms with Gasteiger partial charge in [0.2, 0.25) is 10.0 Å². The monoisotopic (exact) mass is 483 g/mol. The molecule has 0 amide bonds. The van der Waals surface area contributed by atoms with Crippen LogP contribution in [0.5, 0.6) is 0 Å².